The number of phosphoric ester groups is 1. The standard InChI is InChI=1S/C48H91N2O6P/c1-6-8-10-12-14-15-16-17-18-19-20-21-22-23-24-25-26-27-28-29-30-31-32-33-34-35-36-38-40-42-48(52)49-46(47(51)41-39-37-13-11-9-7-2)45-56-57(53,54)55-44-43-50(3,4)5/h8,10,14-15,17-18,20-21,46-47,51H,6-7,9,11-13,16,19,22-45H2,1-5H3,(H-,49,52,53,54)/b10-8-,15-14-,18-17-,21-20-. The van der Waals surface area contributed by atoms with Gasteiger partial charge in [0.15, 0.2) is 0 Å². The van der Waals surface area contributed by atoms with Crippen molar-refractivity contribution in [2.45, 2.75) is 212 Å². The molecule has 2 N–H and O–H groups in total. The van der Waals surface area contributed by atoms with Crippen LogP contribution in [0.15, 0.2) is 48.6 Å². The van der Waals surface area contributed by atoms with Gasteiger partial charge >= 0.3 is 0 Å². The summed E-state index contributed by atoms with van der Waals surface area (Å²) in [5.41, 5.74) is 0. The van der Waals surface area contributed by atoms with Gasteiger partial charge in [-0.15, -0.1) is 0 Å². The minimum absolute atomic E-state index is 0.0111. The zero-order valence-electron chi connectivity index (χ0n) is 37.8. The number of likely N-dealkylation sites (N-methyl/N-ethyl adjacent to an activating group) is 1. The normalized spacial score (nSPS) is 14.7. The van der Waals surface area contributed by atoms with E-state index >= 15 is 0 Å². The highest BCUT2D eigenvalue weighted by Gasteiger charge is 2.24. The summed E-state index contributed by atoms with van der Waals surface area (Å²) in [6.45, 7) is 4.53. The number of hydrogen-bond donors (Lipinski definition) is 2. The van der Waals surface area contributed by atoms with Gasteiger partial charge in [-0.1, -0.05) is 191 Å². The summed E-state index contributed by atoms with van der Waals surface area (Å²) in [4.78, 5) is 25.2. The number of hydrogen-bond acceptors (Lipinski definition) is 6. The zero-order chi connectivity index (χ0) is 42.1. The quantitative estimate of drug-likeness (QED) is 0.0275. The van der Waals surface area contributed by atoms with Gasteiger partial charge in [0.25, 0.3) is 7.82 Å². The number of nitrogens with zero attached hydrogens (tertiary/aromatic N) is 1. The molecule has 0 aliphatic carbocycles. The van der Waals surface area contributed by atoms with Gasteiger partial charge in [0.1, 0.15) is 13.2 Å². The molecule has 0 aromatic carbocycles. The van der Waals surface area contributed by atoms with E-state index < -0.39 is 20.0 Å². The van der Waals surface area contributed by atoms with Crippen LogP contribution in [0.1, 0.15) is 200 Å². The van der Waals surface area contributed by atoms with Crippen LogP contribution in [0.25, 0.3) is 0 Å². The number of amides is 1. The highest BCUT2D eigenvalue weighted by Crippen LogP contribution is 2.38. The van der Waals surface area contributed by atoms with Crippen molar-refractivity contribution in [2.75, 3.05) is 40.9 Å². The van der Waals surface area contributed by atoms with E-state index in [1.54, 1.807) is 0 Å². The topological polar surface area (TPSA) is 108 Å². The third-order valence-electron chi connectivity index (χ3n) is 10.3. The molecule has 0 aliphatic rings. The number of quaternary nitrogens is 1. The molecule has 0 saturated carbocycles. The predicted molar refractivity (Wildman–Crippen MR) is 242 cm³/mol. The molecule has 0 fully saturated rings. The van der Waals surface area contributed by atoms with Gasteiger partial charge in [0.05, 0.1) is 39.9 Å². The number of carbonyl (C=O) groups excluding carboxylic acids is 1. The van der Waals surface area contributed by atoms with Gasteiger partial charge in [-0.2, -0.15) is 0 Å². The van der Waals surface area contributed by atoms with E-state index in [1.807, 2.05) is 21.1 Å². The maximum absolute atomic E-state index is 12.8. The lowest BCUT2D eigenvalue weighted by Crippen LogP contribution is -2.46. The minimum Gasteiger partial charge on any atom is -0.756 e. The second kappa shape index (κ2) is 39.9. The highest BCUT2D eigenvalue weighted by atomic mass is 31.2. The first-order valence-electron chi connectivity index (χ1n) is 23.5. The Balaban J connectivity index is 3.94. The molecule has 1 amide bonds. The number of phosphoric acid groups is 1. The van der Waals surface area contributed by atoms with E-state index in [1.165, 1.54) is 109 Å². The SMILES string of the molecule is CC/C=C\C/C=C\C/C=C\C/C=C\CCCCCCCCCCCCCCCCCCC(=O)NC(COP(=O)([O-])OCC[N+](C)(C)C)C(O)CCCCCCCC. The molecule has 3 unspecified atom stereocenters. The third kappa shape index (κ3) is 42.4. The molecule has 0 aliphatic heterocycles. The van der Waals surface area contributed by atoms with Crippen molar-refractivity contribution in [2.24, 2.45) is 0 Å². The molecule has 9 heteroatoms. The summed E-state index contributed by atoms with van der Waals surface area (Å²) in [6.07, 6.45) is 50.2. The first kappa shape index (κ1) is 55.5. The number of aliphatic hydroxyl groups excluding tert-OH is 1. The molecule has 0 rings (SSSR count). The highest BCUT2D eigenvalue weighted by molar-refractivity contribution is 7.45. The molecule has 334 valence electrons. The molecule has 0 aromatic rings. The van der Waals surface area contributed by atoms with E-state index in [0.29, 0.717) is 23.9 Å². The Kier molecular flexibility index (Phi) is 38.8. The molecule has 0 heterocycles. The van der Waals surface area contributed by atoms with Gasteiger partial charge in [0.2, 0.25) is 5.91 Å². The lowest BCUT2D eigenvalue weighted by atomic mass is 10.0. The summed E-state index contributed by atoms with van der Waals surface area (Å²) in [6, 6.07) is -0.796. The summed E-state index contributed by atoms with van der Waals surface area (Å²) in [7, 11) is 1.30. The van der Waals surface area contributed by atoms with Crippen LogP contribution in [0.3, 0.4) is 0 Å². The summed E-state index contributed by atoms with van der Waals surface area (Å²) in [5.74, 6) is -0.171. The third-order valence-corrected chi connectivity index (χ3v) is 11.3. The van der Waals surface area contributed by atoms with Crippen molar-refractivity contribution >= 4 is 13.7 Å². The molecule has 0 radical (unpaired) electrons. The number of allylic oxidation sites excluding steroid dienone is 8. The molecule has 0 saturated heterocycles. The maximum Gasteiger partial charge on any atom is 0.268 e. The summed E-state index contributed by atoms with van der Waals surface area (Å²) >= 11 is 0. The van der Waals surface area contributed by atoms with Crippen LogP contribution in [-0.4, -0.2) is 68.5 Å². The molecule has 8 nitrogen and oxygen atoms in total. The van der Waals surface area contributed by atoms with Crippen LogP contribution >= 0.6 is 7.82 Å². The summed E-state index contributed by atoms with van der Waals surface area (Å²) in [5, 5.41) is 13.8. The van der Waals surface area contributed by atoms with Crippen LogP contribution in [0.4, 0.5) is 0 Å². The molecule has 0 spiro atoms. The van der Waals surface area contributed by atoms with Crippen molar-refractivity contribution in [3.63, 3.8) is 0 Å². The number of aliphatic hydroxyl groups is 1. The fraction of sp³-hybridized carbons (Fsp3) is 0.812. The molecular formula is C48H91N2O6P. The minimum atomic E-state index is -4.55. The van der Waals surface area contributed by atoms with Crippen molar-refractivity contribution in [3.05, 3.63) is 48.6 Å². The van der Waals surface area contributed by atoms with Gasteiger partial charge in [-0.05, 0) is 51.4 Å². The Morgan fingerprint density at radius 3 is 1.56 bits per heavy atom. The number of carbonyl (C=O) groups is 1. The smallest absolute Gasteiger partial charge is 0.268 e. The van der Waals surface area contributed by atoms with E-state index in [-0.39, 0.29) is 19.1 Å². The lowest BCUT2D eigenvalue weighted by molar-refractivity contribution is -0.870. The van der Waals surface area contributed by atoms with Crippen molar-refractivity contribution in [1.29, 1.82) is 0 Å². The number of nitrogens with one attached hydrogen (secondary N) is 1. The monoisotopic (exact) mass is 823 g/mol. The maximum atomic E-state index is 12.8. The Morgan fingerprint density at radius 2 is 1.07 bits per heavy atom. The average Bonchev–Trinajstić information content (AvgIpc) is 3.16. The first-order chi connectivity index (χ1) is 27.5. The van der Waals surface area contributed by atoms with E-state index in [0.717, 1.165) is 64.2 Å². The Labute approximate surface area is 352 Å². The first-order valence-corrected chi connectivity index (χ1v) is 24.9. The van der Waals surface area contributed by atoms with Crippen LogP contribution in [0, 0.1) is 0 Å². The van der Waals surface area contributed by atoms with Crippen LogP contribution < -0.4 is 10.2 Å². The molecule has 3 atom stereocenters. The van der Waals surface area contributed by atoms with Gasteiger partial charge in [-0.25, -0.2) is 0 Å². The lowest BCUT2D eigenvalue weighted by Gasteiger charge is -2.30. The summed E-state index contributed by atoms with van der Waals surface area (Å²) < 4.78 is 23.1. The van der Waals surface area contributed by atoms with Gasteiger partial charge in [0, 0.05) is 6.42 Å². The van der Waals surface area contributed by atoms with E-state index in [9.17, 15) is 19.4 Å². The molecule has 0 aromatic heterocycles. The Hall–Kier alpha value is -1.54. The number of unbranched alkanes of at least 4 members (excludes halogenated alkanes) is 21. The van der Waals surface area contributed by atoms with E-state index in [4.69, 9.17) is 9.05 Å². The fourth-order valence-corrected chi connectivity index (χ4v) is 7.34. The average molecular weight is 823 g/mol. The predicted octanol–water partition coefficient (Wildman–Crippen LogP) is 12.6. The zero-order valence-corrected chi connectivity index (χ0v) is 38.7. The van der Waals surface area contributed by atoms with Gasteiger partial charge < -0.3 is 28.8 Å². The number of rotatable bonds is 42. The van der Waals surface area contributed by atoms with Gasteiger partial charge in [-0.3, -0.25) is 9.36 Å². The Bertz CT molecular complexity index is 1070. The fourth-order valence-electron chi connectivity index (χ4n) is 6.62. The van der Waals surface area contributed by atoms with Crippen LogP contribution in [-0.2, 0) is 18.4 Å². The largest absolute Gasteiger partial charge is 0.756 e. The Morgan fingerprint density at radius 1 is 0.632 bits per heavy atom. The van der Waals surface area contributed by atoms with Crippen molar-refractivity contribution in [1.82, 2.24) is 5.32 Å². The second-order valence-electron chi connectivity index (χ2n) is 17.1. The van der Waals surface area contributed by atoms with Crippen molar-refractivity contribution < 1.29 is 32.9 Å². The molecule has 0 bridgehead atoms. The van der Waals surface area contributed by atoms with E-state index in [2.05, 4.69) is 67.8 Å². The molecular weight excluding hydrogens is 732 g/mol. The molecule has 57 heavy (non-hydrogen) atoms. The second-order valence-corrected chi connectivity index (χ2v) is 18.5. The van der Waals surface area contributed by atoms with Crippen molar-refractivity contribution in [3.8, 4) is 0 Å². The van der Waals surface area contributed by atoms with Crippen LogP contribution in [0.5, 0.6) is 0 Å². The van der Waals surface area contributed by atoms with Crippen LogP contribution in [0.2, 0.25) is 0 Å².